The molecule has 0 spiro atoms. The Balaban J connectivity index is 2.17. The van der Waals surface area contributed by atoms with Gasteiger partial charge in [-0.3, -0.25) is 4.90 Å². The highest BCUT2D eigenvalue weighted by Gasteiger charge is 2.39. The zero-order chi connectivity index (χ0) is 11.8. The van der Waals surface area contributed by atoms with Crippen LogP contribution in [0.4, 0.5) is 0 Å². The van der Waals surface area contributed by atoms with Gasteiger partial charge in [-0.15, -0.1) is 0 Å². The summed E-state index contributed by atoms with van der Waals surface area (Å²) in [4.78, 5) is 2.47. The molecule has 0 aromatic rings. The highest BCUT2D eigenvalue weighted by Crippen LogP contribution is 2.27. The zero-order valence-electron chi connectivity index (χ0n) is 10.2. The van der Waals surface area contributed by atoms with Crippen LogP contribution in [0.15, 0.2) is 0 Å². The van der Waals surface area contributed by atoms with Gasteiger partial charge >= 0.3 is 0 Å². The maximum absolute atomic E-state index is 12.0. The number of piperazine rings is 1. The summed E-state index contributed by atoms with van der Waals surface area (Å²) in [5.74, 6) is 0.232. The van der Waals surface area contributed by atoms with E-state index in [0.717, 1.165) is 25.9 Å². The Kier molecular flexibility index (Phi) is 3.56. The van der Waals surface area contributed by atoms with Crippen molar-refractivity contribution in [2.45, 2.75) is 45.2 Å². The number of rotatable bonds is 3. The van der Waals surface area contributed by atoms with Gasteiger partial charge in [0.25, 0.3) is 0 Å². The van der Waals surface area contributed by atoms with Crippen molar-refractivity contribution < 1.29 is 8.42 Å². The number of fused-ring (bicyclic) bond motifs is 1. The van der Waals surface area contributed by atoms with E-state index in [2.05, 4.69) is 11.8 Å². The van der Waals surface area contributed by atoms with E-state index in [9.17, 15) is 8.42 Å². The molecule has 0 N–H and O–H groups in total. The van der Waals surface area contributed by atoms with Crippen molar-refractivity contribution in [2.75, 3.05) is 25.4 Å². The van der Waals surface area contributed by atoms with E-state index in [1.165, 1.54) is 6.42 Å². The summed E-state index contributed by atoms with van der Waals surface area (Å²) in [6, 6.07) is 0.670. The zero-order valence-corrected chi connectivity index (χ0v) is 11.0. The normalized spacial score (nSPS) is 32.9. The first kappa shape index (κ1) is 12.3. The van der Waals surface area contributed by atoms with Crippen molar-refractivity contribution in [3.8, 4) is 0 Å². The summed E-state index contributed by atoms with van der Waals surface area (Å²) < 4.78 is 25.8. The van der Waals surface area contributed by atoms with Gasteiger partial charge in [0.15, 0.2) is 0 Å². The molecule has 0 radical (unpaired) electrons. The van der Waals surface area contributed by atoms with Crippen molar-refractivity contribution in [1.82, 2.24) is 9.21 Å². The molecule has 0 aromatic heterocycles. The first-order valence-electron chi connectivity index (χ1n) is 6.32. The second-order valence-electron chi connectivity index (χ2n) is 4.82. The molecule has 0 unspecified atom stereocenters. The largest absolute Gasteiger partial charge is 0.297 e. The quantitative estimate of drug-likeness (QED) is 0.743. The lowest BCUT2D eigenvalue weighted by Crippen LogP contribution is -2.57. The third-order valence-corrected chi connectivity index (χ3v) is 5.83. The molecule has 0 bridgehead atoms. The Hall–Kier alpha value is -0.130. The predicted octanol–water partition coefficient (Wildman–Crippen LogP) is 0.895. The summed E-state index contributed by atoms with van der Waals surface area (Å²) in [6.07, 6.45) is 3.30. The number of nitrogens with zero attached hydrogens (tertiary/aromatic N) is 2. The van der Waals surface area contributed by atoms with E-state index in [-0.39, 0.29) is 11.8 Å². The molecule has 5 heteroatoms. The van der Waals surface area contributed by atoms with Gasteiger partial charge in [-0.05, 0) is 32.7 Å². The van der Waals surface area contributed by atoms with Crippen molar-refractivity contribution in [2.24, 2.45) is 0 Å². The molecule has 0 saturated carbocycles. The molecule has 2 fully saturated rings. The first-order chi connectivity index (χ1) is 7.58. The van der Waals surface area contributed by atoms with Crippen LogP contribution in [-0.4, -0.2) is 55.1 Å². The highest BCUT2D eigenvalue weighted by atomic mass is 32.2. The molecular weight excluding hydrogens is 224 g/mol. The van der Waals surface area contributed by atoms with Gasteiger partial charge in [0, 0.05) is 25.2 Å². The van der Waals surface area contributed by atoms with Crippen LogP contribution in [-0.2, 0) is 10.0 Å². The van der Waals surface area contributed by atoms with E-state index < -0.39 is 10.0 Å². The standard InChI is InChI=1S/C11H22N2O2S/c1-3-10-8-12-7-5-6-11(12)9-13(10)16(14,15)4-2/h10-11H,3-9H2,1-2H3/t10-,11+/m1/s1. The van der Waals surface area contributed by atoms with Crippen molar-refractivity contribution in [1.29, 1.82) is 0 Å². The Bertz CT molecular complexity index is 342. The van der Waals surface area contributed by atoms with Gasteiger partial charge in [0.05, 0.1) is 5.75 Å². The Morgan fingerprint density at radius 2 is 2.00 bits per heavy atom. The molecule has 16 heavy (non-hydrogen) atoms. The molecule has 2 heterocycles. The van der Waals surface area contributed by atoms with E-state index in [0.29, 0.717) is 12.6 Å². The molecule has 94 valence electrons. The van der Waals surface area contributed by atoms with Crippen LogP contribution < -0.4 is 0 Å². The van der Waals surface area contributed by atoms with Gasteiger partial charge in [0.1, 0.15) is 0 Å². The molecular formula is C11H22N2O2S. The van der Waals surface area contributed by atoms with Crippen LogP contribution in [0.25, 0.3) is 0 Å². The molecule has 2 rings (SSSR count). The van der Waals surface area contributed by atoms with E-state index in [4.69, 9.17) is 0 Å². The molecule has 2 aliphatic rings. The van der Waals surface area contributed by atoms with Crippen molar-refractivity contribution in [3.63, 3.8) is 0 Å². The minimum absolute atomic E-state index is 0.194. The Labute approximate surface area is 98.7 Å². The van der Waals surface area contributed by atoms with Crippen LogP contribution in [0, 0.1) is 0 Å². The molecule has 0 amide bonds. The molecule has 0 aliphatic carbocycles. The predicted molar refractivity (Wildman–Crippen MR) is 64.8 cm³/mol. The van der Waals surface area contributed by atoms with Crippen LogP contribution in [0.1, 0.15) is 33.1 Å². The summed E-state index contributed by atoms with van der Waals surface area (Å²) >= 11 is 0. The lowest BCUT2D eigenvalue weighted by molar-refractivity contribution is 0.107. The van der Waals surface area contributed by atoms with Crippen molar-refractivity contribution in [3.05, 3.63) is 0 Å². The molecule has 2 saturated heterocycles. The maximum Gasteiger partial charge on any atom is 0.214 e. The van der Waals surface area contributed by atoms with Gasteiger partial charge in [-0.25, -0.2) is 8.42 Å². The second-order valence-corrected chi connectivity index (χ2v) is 7.03. The third-order valence-electron chi connectivity index (χ3n) is 3.94. The average molecular weight is 246 g/mol. The third kappa shape index (κ3) is 2.13. The molecule has 2 aliphatic heterocycles. The first-order valence-corrected chi connectivity index (χ1v) is 7.93. The van der Waals surface area contributed by atoms with Crippen LogP contribution >= 0.6 is 0 Å². The molecule has 4 nitrogen and oxygen atoms in total. The summed E-state index contributed by atoms with van der Waals surface area (Å²) in [7, 11) is -3.01. The number of hydrogen-bond acceptors (Lipinski definition) is 3. The summed E-state index contributed by atoms with van der Waals surface area (Å²) in [6.45, 7) is 6.62. The molecule has 2 atom stereocenters. The lowest BCUT2D eigenvalue weighted by Gasteiger charge is -2.42. The van der Waals surface area contributed by atoms with Gasteiger partial charge < -0.3 is 0 Å². The van der Waals surface area contributed by atoms with Crippen LogP contribution in [0.5, 0.6) is 0 Å². The van der Waals surface area contributed by atoms with E-state index in [1.54, 1.807) is 11.2 Å². The Morgan fingerprint density at radius 1 is 1.25 bits per heavy atom. The smallest absolute Gasteiger partial charge is 0.214 e. The highest BCUT2D eigenvalue weighted by molar-refractivity contribution is 7.89. The fourth-order valence-corrected chi connectivity index (χ4v) is 4.30. The number of sulfonamides is 1. The van der Waals surface area contributed by atoms with Gasteiger partial charge in [-0.1, -0.05) is 6.92 Å². The van der Waals surface area contributed by atoms with Crippen molar-refractivity contribution >= 4 is 10.0 Å². The van der Waals surface area contributed by atoms with Gasteiger partial charge in [-0.2, -0.15) is 4.31 Å². The number of hydrogen-bond donors (Lipinski definition) is 0. The van der Waals surface area contributed by atoms with Crippen LogP contribution in [0.3, 0.4) is 0 Å². The van der Waals surface area contributed by atoms with E-state index in [1.807, 2.05) is 0 Å². The lowest BCUT2D eigenvalue weighted by atomic mass is 10.1. The van der Waals surface area contributed by atoms with Gasteiger partial charge in [0.2, 0.25) is 10.0 Å². The average Bonchev–Trinajstić information content (AvgIpc) is 2.74. The fraction of sp³-hybridized carbons (Fsp3) is 1.00. The topological polar surface area (TPSA) is 40.6 Å². The van der Waals surface area contributed by atoms with E-state index >= 15 is 0 Å². The molecule has 0 aromatic carbocycles. The minimum Gasteiger partial charge on any atom is -0.297 e. The minimum atomic E-state index is -3.01. The summed E-state index contributed by atoms with van der Waals surface area (Å²) in [5, 5.41) is 0. The monoisotopic (exact) mass is 246 g/mol. The SMILES string of the molecule is CC[C@@H]1CN2CCC[C@H]2CN1S(=O)(=O)CC. The Morgan fingerprint density at radius 3 is 2.62 bits per heavy atom. The van der Waals surface area contributed by atoms with Crippen LogP contribution in [0.2, 0.25) is 0 Å². The fourth-order valence-electron chi connectivity index (χ4n) is 2.90. The summed E-state index contributed by atoms with van der Waals surface area (Å²) in [5.41, 5.74) is 0. The maximum atomic E-state index is 12.0. The second kappa shape index (κ2) is 4.63.